The molecule has 3 nitrogen and oxygen atoms in total. The fourth-order valence-corrected chi connectivity index (χ4v) is 3.59. The molecule has 0 aliphatic carbocycles. The number of ether oxygens (including phenoxy) is 1. The van der Waals surface area contributed by atoms with Crippen molar-refractivity contribution < 1.29 is 4.74 Å². The molecular weight excluding hydrogens is 300 g/mol. The van der Waals surface area contributed by atoms with Crippen molar-refractivity contribution in [3.63, 3.8) is 0 Å². The van der Waals surface area contributed by atoms with Crippen molar-refractivity contribution in [2.24, 2.45) is 11.3 Å². The summed E-state index contributed by atoms with van der Waals surface area (Å²) in [6.45, 7) is 6.49. The Hall–Kier alpha value is 0.0600. The number of thiophene rings is 1. The SMILES string of the molecule is COC(C(Cc1ccc(Br)s1)NN)C(C)(C)C. The minimum Gasteiger partial charge on any atom is -0.379 e. The Morgan fingerprint density at radius 3 is 2.47 bits per heavy atom. The maximum Gasteiger partial charge on any atom is 0.0789 e. The molecule has 0 aliphatic heterocycles. The number of rotatable bonds is 5. The van der Waals surface area contributed by atoms with Crippen LogP contribution < -0.4 is 11.3 Å². The van der Waals surface area contributed by atoms with Crippen LogP contribution in [0.15, 0.2) is 15.9 Å². The number of nitrogens with one attached hydrogen (secondary N) is 1. The van der Waals surface area contributed by atoms with Crippen LogP contribution in [0.1, 0.15) is 25.6 Å². The maximum atomic E-state index is 5.66. The molecule has 5 heteroatoms. The highest BCUT2D eigenvalue weighted by Gasteiger charge is 2.32. The third-order valence-electron chi connectivity index (χ3n) is 2.74. The van der Waals surface area contributed by atoms with E-state index in [2.05, 4.69) is 54.3 Å². The number of methoxy groups -OCH3 is 1. The predicted molar refractivity (Wildman–Crippen MR) is 77.1 cm³/mol. The summed E-state index contributed by atoms with van der Waals surface area (Å²) < 4.78 is 6.74. The second-order valence-electron chi connectivity index (χ2n) is 5.21. The van der Waals surface area contributed by atoms with E-state index in [0.29, 0.717) is 0 Å². The zero-order valence-corrected chi connectivity index (χ0v) is 13.2. The third-order valence-corrected chi connectivity index (χ3v) is 4.38. The van der Waals surface area contributed by atoms with Gasteiger partial charge in [-0.05, 0) is 33.5 Å². The van der Waals surface area contributed by atoms with Gasteiger partial charge in [0, 0.05) is 18.4 Å². The Balaban J connectivity index is 2.76. The summed E-state index contributed by atoms with van der Waals surface area (Å²) in [5, 5.41) is 0. The molecule has 0 radical (unpaired) electrons. The molecule has 0 bridgehead atoms. The lowest BCUT2D eigenvalue weighted by Crippen LogP contribution is -2.51. The fourth-order valence-electron chi connectivity index (χ4n) is 2.05. The summed E-state index contributed by atoms with van der Waals surface area (Å²) in [6, 6.07) is 4.30. The second-order valence-corrected chi connectivity index (χ2v) is 7.75. The monoisotopic (exact) mass is 320 g/mol. The first kappa shape index (κ1) is 15.1. The summed E-state index contributed by atoms with van der Waals surface area (Å²) in [6.07, 6.45) is 0.955. The van der Waals surface area contributed by atoms with Crippen molar-refractivity contribution >= 4 is 27.3 Å². The third kappa shape index (κ3) is 4.34. The maximum absolute atomic E-state index is 5.66. The Morgan fingerprint density at radius 2 is 2.12 bits per heavy atom. The van der Waals surface area contributed by atoms with Gasteiger partial charge in [0.25, 0.3) is 0 Å². The van der Waals surface area contributed by atoms with Gasteiger partial charge < -0.3 is 4.74 Å². The van der Waals surface area contributed by atoms with Gasteiger partial charge in [-0.15, -0.1) is 11.3 Å². The molecule has 0 aromatic carbocycles. The molecule has 2 atom stereocenters. The van der Waals surface area contributed by atoms with Crippen molar-refractivity contribution in [3.05, 3.63) is 20.8 Å². The molecule has 3 N–H and O–H groups in total. The molecule has 0 aliphatic rings. The molecule has 0 saturated carbocycles. The van der Waals surface area contributed by atoms with Crippen molar-refractivity contribution in [3.8, 4) is 0 Å². The van der Waals surface area contributed by atoms with Crippen LogP contribution in [-0.4, -0.2) is 19.3 Å². The fraction of sp³-hybridized carbons (Fsp3) is 0.667. The van der Waals surface area contributed by atoms with E-state index in [1.54, 1.807) is 18.4 Å². The van der Waals surface area contributed by atoms with E-state index in [4.69, 9.17) is 10.6 Å². The molecule has 2 unspecified atom stereocenters. The smallest absolute Gasteiger partial charge is 0.0789 e. The highest BCUT2D eigenvalue weighted by molar-refractivity contribution is 9.11. The lowest BCUT2D eigenvalue weighted by atomic mass is 9.83. The zero-order valence-electron chi connectivity index (χ0n) is 10.8. The average Bonchev–Trinajstić information content (AvgIpc) is 2.61. The minimum atomic E-state index is 0.0558. The Kier molecular flexibility index (Phi) is 5.60. The van der Waals surface area contributed by atoms with Gasteiger partial charge in [0.05, 0.1) is 15.9 Å². The van der Waals surface area contributed by atoms with E-state index in [1.807, 2.05) is 0 Å². The van der Waals surface area contributed by atoms with Gasteiger partial charge in [-0.25, -0.2) is 0 Å². The zero-order chi connectivity index (χ0) is 13.1. The van der Waals surface area contributed by atoms with Crippen LogP contribution in [0.2, 0.25) is 0 Å². The first-order valence-corrected chi connectivity index (χ1v) is 7.22. The van der Waals surface area contributed by atoms with E-state index in [-0.39, 0.29) is 17.6 Å². The predicted octanol–water partition coefficient (Wildman–Crippen LogP) is 2.95. The van der Waals surface area contributed by atoms with Gasteiger partial charge in [-0.3, -0.25) is 11.3 Å². The molecule has 98 valence electrons. The molecule has 1 rings (SSSR count). The van der Waals surface area contributed by atoms with Crippen molar-refractivity contribution in [1.82, 2.24) is 5.43 Å². The van der Waals surface area contributed by atoms with Crippen LogP contribution in [0, 0.1) is 5.41 Å². The molecule has 0 amide bonds. The van der Waals surface area contributed by atoms with E-state index in [9.17, 15) is 0 Å². The van der Waals surface area contributed by atoms with Crippen molar-refractivity contribution in [2.75, 3.05) is 7.11 Å². The van der Waals surface area contributed by atoms with Crippen molar-refractivity contribution in [2.45, 2.75) is 39.3 Å². The lowest BCUT2D eigenvalue weighted by Gasteiger charge is -2.35. The van der Waals surface area contributed by atoms with Gasteiger partial charge in [0.1, 0.15) is 0 Å². The molecule has 17 heavy (non-hydrogen) atoms. The quantitative estimate of drug-likeness (QED) is 0.647. The Labute approximate surface area is 116 Å². The van der Waals surface area contributed by atoms with Gasteiger partial charge >= 0.3 is 0 Å². The number of halogens is 1. The number of nitrogens with two attached hydrogens (primary N) is 1. The normalized spacial score (nSPS) is 15.9. The molecule has 1 heterocycles. The summed E-state index contributed by atoms with van der Waals surface area (Å²) in [5.41, 5.74) is 2.94. The average molecular weight is 321 g/mol. The van der Waals surface area contributed by atoms with Crippen LogP contribution in [0.3, 0.4) is 0 Å². The van der Waals surface area contributed by atoms with Crippen LogP contribution in [-0.2, 0) is 11.2 Å². The topological polar surface area (TPSA) is 47.3 Å². The molecule has 0 saturated heterocycles. The molecule has 0 spiro atoms. The van der Waals surface area contributed by atoms with E-state index in [1.165, 1.54) is 4.88 Å². The van der Waals surface area contributed by atoms with Gasteiger partial charge in [-0.2, -0.15) is 0 Å². The van der Waals surface area contributed by atoms with Crippen LogP contribution >= 0.6 is 27.3 Å². The Bertz CT molecular complexity index is 349. The number of hydrogen-bond acceptors (Lipinski definition) is 4. The summed E-state index contributed by atoms with van der Waals surface area (Å²) in [5.74, 6) is 5.66. The minimum absolute atomic E-state index is 0.0558. The first-order valence-electron chi connectivity index (χ1n) is 5.61. The molecule has 1 aromatic rings. The van der Waals surface area contributed by atoms with Crippen LogP contribution in [0.4, 0.5) is 0 Å². The van der Waals surface area contributed by atoms with Gasteiger partial charge in [-0.1, -0.05) is 20.8 Å². The van der Waals surface area contributed by atoms with Gasteiger partial charge in [0.15, 0.2) is 0 Å². The number of hydrogen-bond donors (Lipinski definition) is 2. The lowest BCUT2D eigenvalue weighted by molar-refractivity contribution is -0.0108. The largest absolute Gasteiger partial charge is 0.379 e. The highest BCUT2D eigenvalue weighted by atomic mass is 79.9. The summed E-state index contributed by atoms with van der Waals surface area (Å²) in [7, 11) is 1.74. The summed E-state index contributed by atoms with van der Waals surface area (Å²) in [4.78, 5) is 1.30. The van der Waals surface area contributed by atoms with Crippen molar-refractivity contribution in [1.29, 1.82) is 0 Å². The van der Waals surface area contributed by atoms with E-state index in [0.717, 1.165) is 10.2 Å². The Morgan fingerprint density at radius 1 is 1.47 bits per heavy atom. The summed E-state index contributed by atoms with van der Waals surface area (Å²) >= 11 is 5.21. The molecule has 0 fully saturated rings. The van der Waals surface area contributed by atoms with E-state index < -0.39 is 0 Å². The molecular formula is C12H21BrN2OS. The highest BCUT2D eigenvalue weighted by Crippen LogP contribution is 2.28. The number of hydrazine groups is 1. The standard InChI is InChI=1S/C12H21BrN2OS/c1-12(2,3)11(16-4)9(15-14)7-8-5-6-10(13)17-8/h5-6,9,11,15H,7,14H2,1-4H3. The van der Waals surface area contributed by atoms with E-state index >= 15 is 0 Å². The second kappa shape index (κ2) is 6.29. The van der Waals surface area contributed by atoms with Gasteiger partial charge in [0.2, 0.25) is 0 Å². The van der Waals surface area contributed by atoms with Crippen LogP contribution in [0.5, 0.6) is 0 Å². The first-order chi connectivity index (χ1) is 7.88. The molecule has 1 aromatic heterocycles. The van der Waals surface area contributed by atoms with Crippen LogP contribution in [0.25, 0.3) is 0 Å².